The first-order valence-electron chi connectivity index (χ1n) is 9.64. The van der Waals surface area contributed by atoms with Crippen LogP contribution in [0.1, 0.15) is 50.6 Å². The molecule has 0 aliphatic heterocycles. The molecule has 1 amide bonds. The Morgan fingerprint density at radius 1 is 1.23 bits per heavy atom. The van der Waals surface area contributed by atoms with E-state index in [2.05, 4.69) is 15.6 Å². The minimum Gasteiger partial charge on any atom is -0.349 e. The Labute approximate surface area is 154 Å². The van der Waals surface area contributed by atoms with Crippen molar-refractivity contribution in [1.29, 1.82) is 0 Å². The Morgan fingerprint density at radius 2 is 1.92 bits per heavy atom. The Morgan fingerprint density at radius 3 is 2.54 bits per heavy atom. The van der Waals surface area contributed by atoms with Crippen molar-refractivity contribution in [3.05, 3.63) is 42.2 Å². The average Bonchev–Trinajstić information content (AvgIpc) is 3.16. The van der Waals surface area contributed by atoms with E-state index < -0.39 is 0 Å². The van der Waals surface area contributed by atoms with Gasteiger partial charge in [-0.1, -0.05) is 23.8 Å². The van der Waals surface area contributed by atoms with Crippen molar-refractivity contribution >= 4 is 5.91 Å². The van der Waals surface area contributed by atoms with Crippen LogP contribution < -0.4 is 11.1 Å². The van der Waals surface area contributed by atoms with Crippen LogP contribution in [-0.2, 0) is 4.79 Å². The molecule has 0 saturated heterocycles. The summed E-state index contributed by atoms with van der Waals surface area (Å²) in [6, 6.07) is 8.35. The molecule has 2 saturated carbocycles. The number of nitrogens with two attached hydrogens (primary N) is 1. The fourth-order valence-corrected chi connectivity index (χ4v) is 4.68. The number of hydrogen-bond acceptors (Lipinski definition) is 4. The molecule has 2 aromatic rings. The maximum atomic E-state index is 12.8. The molecule has 3 N–H and O–H groups in total. The van der Waals surface area contributed by atoms with E-state index in [1.165, 1.54) is 19.3 Å². The predicted octanol–water partition coefficient (Wildman–Crippen LogP) is 2.60. The lowest BCUT2D eigenvalue weighted by Gasteiger charge is -2.43. The van der Waals surface area contributed by atoms with Crippen LogP contribution in [0.5, 0.6) is 0 Å². The van der Waals surface area contributed by atoms with Gasteiger partial charge >= 0.3 is 0 Å². The van der Waals surface area contributed by atoms with Crippen LogP contribution in [0.3, 0.4) is 0 Å². The van der Waals surface area contributed by atoms with Crippen LogP contribution in [0.4, 0.5) is 0 Å². The zero-order valence-electron chi connectivity index (χ0n) is 15.2. The van der Waals surface area contributed by atoms with E-state index in [4.69, 9.17) is 5.73 Å². The summed E-state index contributed by atoms with van der Waals surface area (Å²) < 4.78 is 1.72. The first-order chi connectivity index (χ1) is 12.6. The van der Waals surface area contributed by atoms with Crippen molar-refractivity contribution in [2.24, 2.45) is 23.5 Å². The predicted molar refractivity (Wildman–Crippen MR) is 99.4 cm³/mol. The fraction of sp³-hybridized carbons (Fsp3) is 0.550. The molecular formula is C20H27N5O. The molecule has 2 aliphatic rings. The third kappa shape index (κ3) is 3.38. The molecule has 26 heavy (non-hydrogen) atoms. The fourth-order valence-electron chi connectivity index (χ4n) is 4.68. The van der Waals surface area contributed by atoms with Crippen LogP contribution in [0.2, 0.25) is 0 Å². The highest BCUT2D eigenvalue weighted by molar-refractivity contribution is 5.79. The lowest BCUT2D eigenvalue weighted by molar-refractivity contribution is -0.128. The highest BCUT2D eigenvalue weighted by Gasteiger charge is 2.40. The standard InChI is InChI=1S/C20H27N5O/c1-13(14-5-7-18(8-6-14)25-10-9-22-24-25)23-20(26)17-11-15-3-2-4-16(12-17)19(15)21/h5-10,13,15-17,19H,2-4,11-12,21H2,1H3,(H,23,26). The van der Waals surface area contributed by atoms with E-state index >= 15 is 0 Å². The van der Waals surface area contributed by atoms with Gasteiger partial charge in [-0.25, -0.2) is 4.68 Å². The Hall–Kier alpha value is -2.21. The van der Waals surface area contributed by atoms with Crippen molar-refractivity contribution in [2.45, 2.75) is 51.1 Å². The van der Waals surface area contributed by atoms with Gasteiger partial charge in [-0.3, -0.25) is 4.79 Å². The summed E-state index contributed by atoms with van der Waals surface area (Å²) in [5.41, 5.74) is 8.40. The van der Waals surface area contributed by atoms with Gasteiger partial charge in [-0.2, -0.15) is 0 Å². The quantitative estimate of drug-likeness (QED) is 0.885. The molecule has 2 bridgehead atoms. The monoisotopic (exact) mass is 353 g/mol. The Bertz CT molecular complexity index is 728. The van der Waals surface area contributed by atoms with Gasteiger partial charge in [0.25, 0.3) is 0 Å². The van der Waals surface area contributed by atoms with Crippen molar-refractivity contribution in [3.8, 4) is 5.69 Å². The largest absolute Gasteiger partial charge is 0.349 e. The number of carbonyl (C=O) groups excluding carboxylic acids is 1. The molecule has 6 nitrogen and oxygen atoms in total. The van der Waals surface area contributed by atoms with Gasteiger partial charge in [0.05, 0.1) is 24.1 Å². The molecule has 138 valence electrons. The number of amides is 1. The minimum atomic E-state index is -0.0114. The zero-order valence-corrected chi connectivity index (χ0v) is 15.2. The third-order valence-electron chi connectivity index (χ3n) is 6.22. The molecule has 3 unspecified atom stereocenters. The summed E-state index contributed by atoms with van der Waals surface area (Å²) in [4.78, 5) is 12.8. The molecule has 4 rings (SSSR count). The van der Waals surface area contributed by atoms with Crippen molar-refractivity contribution in [2.75, 3.05) is 0 Å². The van der Waals surface area contributed by atoms with E-state index in [0.29, 0.717) is 17.9 Å². The minimum absolute atomic E-state index is 0.0114. The number of benzene rings is 1. The first kappa shape index (κ1) is 17.2. The third-order valence-corrected chi connectivity index (χ3v) is 6.22. The van der Waals surface area contributed by atoms with Gasteiger partial charge in [-0.05, 0) is 62.1 Å². The molecule has 0 spiro atoms. The van der Waals surface area contributed by atoms with Gasteiger partial charge in [0, 0.05) is 12.0 Å². The molecule has 1 aromatic heterocycles. The van der Waals surface area contributed by atoms with Crippen LogP contribution in [0, 0.1) is 17.8 Å². The van der Waals surface area contributed by atoms with Crippen molar-refractivity contribution in [1.82, 2.24) is 20.3 Å². The highest BCUT2D eigenvalue weighted by Crippen LogP contribution is 2.42. The summed E-state index contributed by atoms with van der Waals surface area (Å²) in [6.07, 6.45) is 8.99. The number of fused-ring (bicyclic) bond motifs is 2. The van der Waals surface area contributed by atoms with Gasteiger partial charge in [-0.15, -0.1) is 5.10 Å². The number of aromatic nitrogens is 3. The maximum Gasteiger partial charge on any atom is 0.223 e. The highest BCUT2D eigenvalue weighted by atomic mass is 16.1. The normalized spacial score (nSPS) is 29.2. The van der Waals surface area contributed by atoms with E-state index in [1.807, 2.05) is 37.4 Å². The number of nitrogens with one attached hydrogen (secondary N) is 1. The SMILES string of the molecule is CC(NC(=O)C1CC2CCCC(C1)C2N)c1ccc(-n2ccnn2)cc1. The molecule has 1 aromatic carbocycles. The number of hydrogen-bond donors (Lipinski definition) is 2. The molecule has 2 fully saturated rings. The second kappa shape index (κ2) is 7.19. The van der Waals surface area contributed by atoms with Crippen LogP contribution in [0.25, 0.3) is 5.69 Å². The van der Waals surface area contributed by atoms with Gasteiger partial charge in [0.15, 0.2) is 0 Å². The van der Waals surface area contributed by atoms with Gasteiger partial charge < -0.3 is 11.1 Å². The zero-order chi connectivity index (χ0) is 18.1. The summed E-state index contributed by atoms with van der Waals surface area (Å²) in [5, 5.41) is 11.0. The lowest BCUT2D eigenvalue weighted by Crippen LogP contribution is -2.49. The van der Waals surface area contributed by atoms with Gasteiger partial charge in [0.2, 0.25) is 5.91 Å². The van der Waals surface area contributed by atoms with E-state index in [9.17, 15) is 4.79 Å². The molecular weight excluding hydrogens is 326 g/mol. The molecule has 3 atom stereocenters. The maximum absolute atomic E-state index is 12.8. The van der Waals surface area contributed by atoms with E-state index in [1.54, 1.807) is 10.9 Å². The van der Waals surface area contributed by atoms with Crippen LogP contribution >= 0.6 is 0 Å². The number of nitrogens with zero attached hydrogens (tertiary/aromatic N) is 3. The van der Waals surface area contributed by atoms with E-state index in [-0.39, 0.29) is 17.9 Å². The summed E-state index contributed by atoms with van der Waals surface area (Å²) in [5.74, 6) is 1.34. The second-order valence-electron chi connectivity index (χ2n) is 7.87. The topological polar surface area (TPSA) is 85.8 Å². The number of rotatable bonds is 4. The summed E-state index contributed by atoms with van der Waals surface area (Å²) in [6.45, 7) is 2.04. The Balaban J connectivity index is 1.38. The first-order valence-corrected chi connectivity index (χ1v) is 9.64. The molecule has 1 heterocycles. The van der Waals surface area contributed by atoms with Gasteiger partial charge in [0.1, 0.15) is 0 Å². The molecule has 0 radical (unpaired) electrons. The van der Waals surface area contributed by atoms with Crippen LogP contribution in [-0.4, -0.2) is 26.9 Å². The molecule has 2 aliphatic carbocycles. The molecule has 6 heteroatoms. The average molecular weight is 353 g/mol. The summed E-state index contributed by atoms with van der Waals surface area (Å²) in [7, 11) is 0. The lowest BCUT2D eigenvalue weighted by atomic mass is 9.65. The Kier molecular flexibility index (Phi) is 4.76. The summed E-state index contributed by atoms with van der Waals surface area (Å²) >= 11 is 0. The smallest absolute Gasteiger partial charge is 0.223 e. The van der Waals surface area contributed by atoms with Crippen molar-refractivity contribution < 1.29 is 4.79 Å². The van der Waals surface area contributed by atoms with Crippen molar-refractivity contribution in [3.63, 3.8) is 0 Å². The van der Waals surface area contributed by atoms with E-state index in [0.717, 1.165) is 24.1 Å². The second-order valence-corrected chi connectivity index (χ2v) is 7.87. The van der Waals surface area contributed by atoms with Crippen LogP contribution in [0.15, 0.2) is 36.7 Å². The number of carbonyl (C=O) groups is 1.